The molecule has 0 fully saturated rings. The Hall–Kier alpha value is -2.73. The van der Waals surface area contributed by atoms with E-state index in [0.29, 0.717) is 23.6 Å². The van der Waals surface area contributed by atoms with Gasteiger partial charge < -0.3 is 24.6 Å². The molecule has 6 nitrogen and oxygen atoms in total. The molecule has 28 heavy (non-hydrogen) atoms. The number of nitrogens with zero attached hydrogens (tertiary/aromatic N) is 2. The number of likely N-dealkylation sites (N-methyl/N-ethyl adjacent to an activating group) is 2. The molecule has 2 aromatic rings. The molecule has 2 aromatic carbocycles. The molecule has 6 heteroatoms. The number of amides is 1. The van der Waals surface area contributed by atoms with E-state index in [-0.39, 0.29) is 11.9 Å². The first-order chi connectivity index (χ1) is 13.4. The Morgan fingerprint density at radius 3 is 2.57 bits per heavy atom. The number of hydrogen-bond acceptors (Lipinski definition) is 5. The van der Waals surface area contributed by atoms with Gasteiger partial charge in [-0.1, -0.05) is 12.1 Å². The van der Waals surface area contributed by atoms with Crippen molar-refractivity contribution in [3.05, 3.63) is 53.1 Å². The third kappa shape index (κ3) is 4.07. The van der Waals surface area contributed by atoms with E-state index >= 15 is 0 Å². The van der Waals surface area contributed by atoms with E-state index < -0.39 is 0 Å². The predicted molar refractivity (Wildman–Crippen MR) is 112 cm³/mol. The first-order valence-electron chi connectivity index (χ1n) is 9.45. The van der Waals surface area contributed by atoms with E-state index in [0.717, 1.165) is 13.0 Å². The number of methoxy groups -OCH3 is 2. The molecule has 1 atom stereocenters. The number of nitrogens with one attached hydrogen (secondary N) is 1. The van der Waals surface area contributed by atoms with Crippen molar-refractivity contribution in [2.24, 2.45) is 0 Å². The van der Waals surface area contributed by atoms with Crippen molar-refractivity contribution in [3.8, 4) is 11.5 Å². The van der Waals surface area contributed by atoms with Gasteiger partial charge in [0.2, 0.25) is 0 Å². The molecule has 0 saturated heterocycles. The SMILES string of the molecule is COc1ccc(C(=O)NC[C@H](c2ccc3c(c2)CCN3C)N(C)C)cc1OC. The molecule has 0 aliphatic carbocycles. The standard InChI is InChI=1S/C22H29N3O3/c1-24(2)19(15-6-8-18-16(12-15)10-11-25(18)3)14-23-22(26)17-7-9-20(27-4)21(13-17)28-5/h6-9,12-13,19H,10-11,14H2,1-5H3,(H,23,26)/t19-/m1/s1. The van der Waals surface area contributed by atoms with E-state index in [9.17, 15) is 4.79 Å². The maximum absolute atomic E-state index is 12.7. The normalized spacial score (nSPS) is 14.0. The van der Waals surface area contributed by atoms with Crippen LogP contribution in [0.5, 0.6) is 11.5 Å². The van der Waals surface area contributed by atoms with Crippen LogP contribution in [0.4, 0.5) is 5.69 Å². The highest BCUT2D eigenvalue weighted by molar-refractivity contribution is 5.94. The van der Waals surface area contributed by atoms with Crippen molar-refractivity contribution in [2.45, 2.75) is 12.5 Å². The van der Waals surface area contributed by atoms with Crippen LogP contribution >= 0.6 is 0 Å². The molecular weight excluding hydrogens is 354 g/mol. The van der Waals surface area contributed by atoms with Gasteiger partial charge in [-0.25, -0.2) is 0 Å². The average molecular weight is 383 g/mol. The summed E-state index contributed by atoms with van der Waals surface area (Å²) in [7, 11) is 9.33. The van der Waals surface area contributed by atoms with Crippen LogP contribution in [0.15, 0.2) is 36.4 Å². The highest BCUT2D eigenvalue weighted by atomic mass is 16.5. The van der Waals surface area contributed by atoms with Crippen molar-refractivity contribution < 1.29 is 14.3 Å². The molecule has 1 aliphatic rings. The number of anilines is 1. The molecule has 0 aromatic heterocycles. The summed E-state index contributed by atoms with van der Waals surface area (Å²) in [5, 5.41) is 3.06. The zero-order valence-electron chi connectivity index (χ0n) is 17.3. The van der Waals surface area contributed by atoms with Crippen LogP contribution in [0, 0.1) is 0 Å². The van der Waals surface area contributed by atoms with Gasteiger partial charge in [-0.2, -0.15) is 0 Å². The molecule has 0 spiro atoms. The van der Waals surface area contributed by atoms with Gasteiger partial charge in [-0.05, 0) is 55.9 Å². The van der Waals surface area contributed by atoms with Gasteiger partial charge in [0.1, 0.15) is 0 Å². The third-order valence-electron chi connectivity index (χ3n) is 5.34. The van der Waals surface area contributed by atoms with Crippen LogP contribution in [0.2, 0.25) is 0 Å². The summed E-state index contributed by atoms with van der Waals surface area (Å²) in [6.45, 7) is 1.58. The number of fused-ring (bicyclic) bond motifs is 1. The minimum atomic E-state index is -0.131. The summed E-state index contributed by atoms with van der Waals surface area (Å²) in [5.41, 5.74) is 4.44. The van der Waals surface area contributed by atoms with Gasteiger partial charge in [0.15, 0.2) is 11.5 Å². The van der Waals surface area contributed by atoms with E-state index in [1.165, 1.54) is 16.8 Å². The van der Waals surface area contributed by atoms with Gasteiger partial charge in [-0.3, -0.25) is 4.79 Å². The Morgan fingerprint density at radius 2 is 1.89 bits per heavy atom. The molecule has 1 N–H and O–H groups in total. The minimum absolute atomic E-state index is 0.0975. The Balaban J connectivity index is 1.73. The smallest absolute Gasteiger partial charge is 0.251 e. The molecule has 1 aliphatic heterocycles. The third-order valence-corrected chi connectivity index (χ3v) is 5.34. The van der Waals surface area contributed by atoms with Crippen LogP contribution in [-0.4, -0.2) is 59.3 Å². The number of rotatable bonds is 7. The van der Waals surface area contributed by atoms with E-state index in [1.807, 2.05) is 14.1 Å². The van der Waals surface area contributed by atoms with Crippen LogP contribution in [-0.2, 0) is 6.42 Å². The number of benzene rings is 2. The number of carbonyl (C=O) groups is 1. The Bertz CT molecular complexity index is 851. The predicted octanol–water partition coefficient (Wildman–Crippen LogP) is 2.73. The fourth-order valence-corrected chi connectivity index (χ4v) is 3.66. The molecule has 150 valence electrons. The molecule has 3 rings (SSSR count). The maximum Gasteiger partial charge on any atom is 0.251 e. The first kappa shape index (κ1) is 20.0. The second kappa shape index (κ2) is 8.52. The summed E-state index contributed by atoms with van der Waals surface area (Å²) in [6.07, 6.45) is 1.07. The summed E-state index contributed by atoms with van der Waals surface area (Å²) in [4.78, 5) is 17.1. The largest absolute Gasteiger partial charge is 0.493 e. The quantitative estimate of drug-likeness (QED) is 0.797. The van der Waals surface area contributed by atoms with Gasteiger partial charge in [0, 0.05) is 31.4 Å². The van der Waals surface area contributed by atoms with Crippen molar-refractivity contribution >= 4 is 11.6 Å². The summed E-state index contributed by atoms with van der Waals surface area (Å²) in [5.74, 6) is 1.02. The van der Waals surface area contributed by atoms with E-state index in [4.69, 9.17) is 9.47 Å². The highest BCUT2D eigenvalue weighted by Crippen LogP contribution is 2.31. The number of carbonyl (C=O) groups excluding carboxylic acids is 1. The lowest BCUT2D eigenvalue weighted by atomic mass is 10.0. The van der Waals surface area contributed by atoms with E-state index in [1.54, 1.807) is 32.4 Å². The van der Waals surface area contributed by atoms with Gasteiger partial charge >= 0.3 is 0 Å². The Labute approximate surface area is 167 Å². The summed E-state index contributed by atoms with van der Waals surface area (Å²) >= 11 is 0. The molecule has 1 amide bonds. The molecule has 0 radical (unpaired) electrons. The van der Waals surface area contributed by atoms with Gasteiger partial charge in [-0.15, -0.1) is 0 Å². The second-order valence-electron chi connectivity index (χ2n) is 7.32. The van der Waals surface area contributed by atoms with Crippen LogP contribution in [0.25, 0.3) is 0 Å². The lowest BCUT2D eigenvalue weighted by molar-refractivity contribution is 0.0941. The zero-order chi connectivity index (χ0) is 20.3. The van der Waals surface area contributed by atoms with Crippen LogP contribution in [0.3, 0.4) is 0 Å². The maximum atomic E-state index is 12.7. The van der Waals surface area contributed by atoms with Crippen LogP contribution < -0.4 is 19.7 Å². The second-order valence-corrected chi connectivity index (χ2v) is 7.32. The molecule has 1 heterocycles. The average Bonchev–Trinajstić information content (AvgIpc) is 3.07. The zero-order valence-corrected chi connectivity index (χ0v) is 17.3. The molecular formula is C22H29N3O3. The molecule has 0 saturated carbocycles. The topological polar surface area (TPSA) is 54.0 Å². The van der Waals surface area contributed by atoms with Crippen molar-refractivity contribution in [1.29, 1.82) is 0 Å². The minimum Gasteiger partial charge on any atom is -0.493 e. The van der Waals surface area contributed by atoms with Crippen molar-refractivity contribution in [2.75, 3.05) is 53.4 Å². The summed E-state index contributed by atoms with van der Waals surface area (Å²) < 4.78 is 10.5. The fraction of sp³-hybridized carbons (Fsp3) is 0.409. The number of hydrogen-bond donors (Lipinski definition) is 1. The first-order valence-corrected chi connectivity index (χ1v) is 9.45. The molecule has 0 bridgehead atoms. The molecule has 0 unspecified atom stereocenters. The van der Waals surface area contributed by atoms with E-state index in [2.05, 4.69) is 40.4 Å². The monoisotopic (exact) mass is 383 g/mol. The Morgan fingerprint density at radius 1 is 1.14 bits per heavy atom. The van der Waals surface area contributed by atoms with Gasteiger partial charge in [0.05, 0.1) is 20.3 Å². The lowest BCUT2D eigenvalue weighted by Gasteiger charge is -2.26. The summed E-state index contributed by atoms with van der Waals surface area (Å²) in [6, 6.07) is 11.9. The fourth-order valence-electron chi connectivity index (χ4n) is 3.66. The Kier molecular flexibility index (Phi) is 6.09. The number of ether oxygens (including phenoxy) is 2. The lowest BCUT2D eigenvalue weighted by Crippen LogP contribution is -2.34. The van der Waals surface area contributed by atoms with Crippen molar-refractivity contribution in [3.63, 3.8) is 0 Å². The van der Waals surface area contributed by atoms with Gasteiger partial charge in [0.25, 0.3) is 5.91 Å². The van der Waals surface area contributed by atoms with Crippen molar-refractivity contribution in [1.82, 2.24) is 10.2 Å². The van der Waals surface area contributed by atoms with Crippen LogP contribution in [0.1, 0.15) is 27.5 Å². The highest BCUT2D eigenvalue weighted by Gasteiger charge is 2.21.